The first kappa shape index (κ1) is 20.1. The van der Waals surface area contributed by atoms with Crippen LogP contribution in [0.1, 0.15) is 41.4 Å². The topological polar surface area (TPSA) is 79.5 Å². The molecule has 0 heterocycles. The van der Waals surface area contributed by atoms with Gasteiger partial charge in [0.25, 0.3) is 0 Å². The summed E-state index contributed by atoms with van der Waals surface area (Å²) in [5.74, 6) is 0.230. The van der Waals surface area contributed by atoms with Gasteiger partial charge in [-0.1, -0.05) is 41.4 Å². The number of benzene rings is 2. The second kappa shape index (κ2) is 9.46. The molecule has 0 aliphatic heterocycles. The summed E-state index contributed by atoms with van der Waals surface area (Å²) in [6.07, 6.45) is 0. The number of primary amides is 1. The fraction of sp³-hybridized carbons (Fsp3) is 0.263. The first-order chi connectivity index (χ1) is 12.4. The van der Waals surface area contributed by atoms with Gasteiger partial charge in [0.2, 0.25) is 5.91 Å². The molecule has 2 rings (SSSR count). The number of hydrogen-bond acceptors (Lipinski definition) is 2. The number of carbonyl (C=O) groups is 1. The molecule has 5 nitrogen and oxygen atoms in total. The van der Waals surface area contributed by atoms with Gasteiger partial charge in [0.15, 0.2) is 5.96 Å². The average Bonchev–Trinajstić information content (AvgIpc) is 2.60. The Hall–Kier alpha value is -2.24. The number of rotatable bonds is 6. The molecule has 1 atom stereocenters. The zero-order valence-corrected chi connectivity index (χ0v) is 16.2. The number of halogens is 2. The smallest absolute Gasteiger partial charge is 0.248 e. The van der Waals surface area contributed by atoms with Crippen molar-refractivity contribution >= 4 is 35.1 Å². The van der Waals surface area contributed by atoms with Crippen LogP contribution in [0.2, 0.25) is 10.0 Å². The van der Waals surface area contributed by atoms with Crippen LogP contribution in [0.4, 0.5) is 0 Å². The van der Waals surface area contributed by atoms with Crippen molar-refractivity contribution in [1.29, 1.82) is 0 Å². The summed E-state index contributed by atoms with van der Waals surface area (Å²) in [6, 6.07) is 12.5. The van der Waals surface area contributed by atoms with E-state index >= 15 is 0 Å². The van der Waals surface area contributed by atoms with E-state index in [1.165, 1.54) is 0 Å². The quantitative estimate of drug-likeness (QED) is 0.514. The summed E-state index contributed by atoms with van der Waals surface area (Å²) in [5.41, 5.74) is 7.65. The lowest BCUT2D eigenvalue weighted by atomic mass is 10.1. The highest BCUT2D eigenvalue weighted by atomic mass is 35.5. The lowest BCUT2D eigenvalue weighted by Gasteiger charge is -2.19. The molecule has 2 aromatic rings. The third kappa shape index (κ3) is 5.64. The van der Waals surface area contributed by atoms with Crippen molar-refractivity contribution in [2.75, 3.05) is 6.54 Å². The van der Waals surface area contributed by atoms with Crippen LogP contribution < -0.4 is 16.4 Å². The van der Waals surface area contributed by atoms with Gasteiger partial charge in [-0.15, -0.1) is 0 Å². The SMILES string of the molecule is CCNC(=NCc1ccc(C(N)=O)cc1)NC(C)c1ccc(Cl)cc1Cl. The molecule has 1 unspecified atom stereocenters. The van der Waals surface area contributed by atoms with Crippen molar-refractivity contribution < 1.29 is 4.79 Å². The van der Waals surface area contributed by atoms with Crippen LogP contribution in [0.3, 0.4) is 0 Å². The van der Waals surface area contributed by atoms with Crippen LogP contribution in [0, 0.1) is 0 Å². The first-order valence-corrected chi connectivity index (χ1v) is 9.04. The largest absolute Gasteiger partial charge is 0.366 e. The van der Waals surface area contributed by atoms with Crippen LogP contribution in [0.15, 0.2) is 47.5 Å². The first-order valence-electron chi connectivity index (χ1n) is 8.29. The van der Waals surface area contributed by atoms with Crippen molar-refractivity contribution in [2.24, 2.45) is 10.7 Å². The zero-order valence-electron chi connectivity index (χ0n) is 14.7. The Morgan fingerprint density at radius 3 is 2.46 bits per heavy atom. The predicted octanol–water partition coefficient (Wildman–Crippen LogP) is 3.91. The number of nitrogens with two attached hydrogens (primary N) is 1. The van der Waals surface area contributed by atoms with Crippen LogP contribution in [-0.4, -0.2) is 18.4 Å². The van der Waals surface area contributed by atoms with Crippen molar-refractivity contribution in [3.8, 4) is 0 Å². The minimum atomic E-state index is -0.441. The summed E-state index contributed by atoms with van der Waals surface area (Å²) >= 11 is 12.2. The average molecular weight is 393 g/mol. The van der Waals surface area contributed by atoms with E-state index in [4.69, 9.17) is 28.9 Å². The highest BCUT2D eigenvalue weighted by molar-refractivity contribution is 6.35. The minimum absolute atomic E-state index is 0.0465. The molecule has 0 aliphatic carbocycles. The van der Waals surface area contributed by atoms with Gasteiger partial charge in [0, 0.05) is 22.2 Å². The maximum Gasteiger partial charge on any atom is 0.248 e. The second-order valence-electron chi connectivity index (χ2n) is 5.79. The van der Waals surface area contributed by atoms with Crippen LogP contribution in [0.5, 0.6) is 0 Å². The maximum absolute atomic E-state index is 11.1. The normalized spacial score (nSPS) is 12.5. The van der Waals surface area contributed by atoms with Gasteiger partial charge in [0.1, 0.15) is 0 Å². The van der Waals surface area contributed by atoms with Gasteiger partial charge in [-0.2, -0.15) is 0 Å². The molecule has 0 radical (unpaired) electrons. The maximum atomic E-state index is 11.1. The Morgan fingerprint density at radius 2 is 1.88 bits per heavy atom. The molecule has 0 saturated carbocycles. The molecule has 0 saturated heterocycles. The van der Waals surface area contributed by atoms with Crippen molar-refractivity contribution in [1.82, 2.24) is 10.6 Å². The molecule has 0 spiro atoms. The fourth-order valence-electron chi connectivity index (χ4n) is 2.40. The van der Waals surface area contributed by atoms with Crippen LogP contribution in [0.25, 0.3) is 0 Å². The Kier molecular flexibility index (Phi) is 7.30. The standard InChI is InChI=1S/C19H22Cl2N4O/c1-3-23-19(24-11-13-4-6-14(7-5-13)18(22)26)25-12(2)16-9-8-15(20)10-17(16)21/h4-10,12H,3,11H2,1-2H3,(H2,22,26)(H2,23,24,25). The summed E-state index contributed by atoms with van der Waals surface area (Å²) in [5, 5.41) is 7.75. The third-order valence-corrected chi connectivity index (χ3v) is 4.35. The number of nitrogens with zero attached hydrogens (tertiary/aromatic N) is 1. The van der Waals surface area contributed by atoms with E-state index in [1.807, 2.05) is 38.1 Å². The molecular weight excluding hydrogens is 371 g/mol. The summed E-state index contributed by atoms with van der Waals surface area (Å²) in [6.45, 7) is 5.20. The van der Waals surface area contributed by atoms with Gasteiger partial charge in [-0.25, -0.2) is 4.99 Å². The number of amides is 1. The predicted molar refractivity (Wildman–Crippen MR) is 108 cm³/mol. The van der Waals surface area contributed by atoms with Crippen LogP contribution >= 0.6 is 23.2 Å². The lowest BCUT2D eigenvalue weighted by Crippen LogP contribution is -2.38. The zero-order chi connectivity index (χ0) is 19.1. The van der Waals surface area contributed by atoms with E-state index in [-0.39, 0.29) is 6.04 Å². The van der Waals surface area contributed by atoms with Crippen molar-refractivity contribution in [3.63, 3.8) is 0 Å². The molecule has 2 aromatic carbocycles. The molecule has 138 valence electrons. The molecule has 26 heavy (non-hydrogen) atoms. The van der Waals surface area contributed by atoms with E-state index < -0.39 is 5.91 Å². The third-order valence-electron chi connectivity index (χ3n) is 3.78. The number of carbonyl (C=O) groups excluding carboxylic acids is 1. The lowest BCUT2D eigenvalue weighted by molar-refractivity contribution is 0.100. The Labute approximate surface area is 163 Å². The van der Waals surface area contributed by atoms with E-state index in [0.717, 1.165) is 17.7 Å². The van der Waals surface area contributed by atoms with E-state index in [1.54, 1.807) is 18.2 Å². The molecule has 0 fully saturated rings. The summed E-state index contributed by atoms with van der Waals surface area (Å²) in [4.78, 5) is 15.7. The molecule has 0 aromatic heterocycles. The van der Waals surface area contributed by atoms with E-state index in [0.29, 0.717) is 28.1 Å². The summed E-state index contributed by atoms with van der Waals surface area (Å²) in [7, 11) is 0. The van der Waals surface area contributed by atoms with E-state index in [2.05, 4.69) is 15.6 Å². The molecule has 7 heteroatoms. The monoisotopic (exact) mass is 392 g/mol. The number of aliphatic imine (C=N–C) groups is 1. The van der Waals surface area contributed by atoms with Crippen molar-refractivity contribution in [3.05, 3.63) is 69.2 Å². The molecule has 0 bridgehead atoms. The number of nitrogens with one attached hydrogen (secondary N) is 2. The highest BCUT2D eigenvalue weighted by Crippen LogP contribution is 2.26. The minimum Gasteiger partial charge on any atom is -0.366 e. The molecule has 4 N–H and O–H groups in total. The van der Waals surface area contributed by atoms with Gasteiger partial charge < -0.3 is 16.4 Å². The molecular formula is C19H22Cl2N4O. The number of guanidine groups is 1. The van der Waals surface area contributed by atoms with Gasteiger partial charge in [-0.3, -0.25) is 4.79 Å². The Bertz CT molecular complexity index is 791. The summed E-state index contributed by atoms with van der Waals surface area (Å²) < 4.78 is 0. The highest BCUT2D eigenvalue weighted by Gasteiger charge is 2.11. The Balaban J connectivity index is 2.09. The fourth-order valence-corrected chi connectivity index (χ4v) is 2.97. The second-order valence-corrected chi connectivity index (χ2v) is 6.63. The number of hydrogen-bond donors (Lipinski definition) is 3. The molecule has 0 aliphatic rings. The van der Waals surface area contributed by atoms with Gasteiger partial charge >= 0.3 is 0 Å². The van der Waals surface area contributed by atoms with Gasteiger partial charge in [-0.05, 0) is 49.2 Å². The van der Waals surface area contributed by atoms with Crippen molar-refractivity contribution in [2.45, 2.75) is 26.4 Å². The molecule has 1 amide bonds. The van der Waals surface area contributed by atoms with Gasteiger partial charge in [0.05, 0.1) is 12.6 Å². The van der Waals surface area contributed by atoms with E-state index in [9.17, 15) is 4.79 Å². The van der Waals surface area contributed by atoms with Crippen LogP contribution in [-0.2, 0) is 6.54 Å². The Morgan fingerprint density at radius 1 is 1.19 bits per heavy atom.